The van der Waals surface area contributed by atoms with Gasteiger partial charge in [-0.1, -0.05) is 11.6 Å². The summed E-state index contributed by atoms with van der Waals surface area (Å²) in [5.41, 5.74) is 0.291. The molecule has 98 valence electrons. The number of nitriles is 1. The van der Waals surface area contributed by atoms with Crippen LogP contribution >= 0.6 is 11.6 Å². The van der Waals surface area contributed by atoms with Gasteiger partial charge in [-0.05, 0) is 13.8 Å². The smallest absolute Gasteiger partial charge is 0.143 e. The van der Waals surface area contributed by atoms with Crippen molar-refractivity contribution >= 4 is 17.3 Å². The zero-order valence-electron chi connectivity index (χ0n) is 11.0. The van der Waals surface area contributed by atoms with Crippen LogP contribution in [0.4, 0.5) is 5.69 Å². The van der Waals surface area contributed by atoms with Crippen LogP contribution in [0.3, 0.4) is 0 Å². The molecule has 0 atom stereocenters. The molecular weight excluding hydrogens is 252 g/mol. The van der Waals surface area contributed by atoms with Crippen LogP contribution in [-0.2, 0) is 0 Å². The van der Waals surface area contributed by atoms with E-state index in [2.05, 4.69) is 11.4 Å². The van der Waals surface area contributed by atoms with Crippen LogP contribution in [0.1, 0.15) is 13.8 Å². The van der Waals surface area contributed by atoms with Gasteiger partial charge >= 0.3 is 0 Å². The maximum Gasteiger partial charge on any atom is 0.143 e. The quantitative estimate of drug-likeness (QED) is 0.890. The maximum absolute atomic E-state index is 8.98. The molecular formula is C13H17ClN2O2. The molecule has 0 saturated heterocycles. The van der Waals surface area contributed by atoms with Gasteiger partial charge in [0.1, 0.15) is 11.5 Å². The summed E-state index contributed by atoms with van der Waals surface area (Å²) >= 11 is 6.01. The van der Waals surface area contributed by atoms with Crippen LogP contribution in [0, 0.1) is 16.7 Å². The zero-order valence-corrected chi connectivity index (χ0v) is 11.8. The Bertz CT molecular complexity index is 467. The molecule has 1 aromatic carbocycles. The molecule has 0 spiro atoms. The Labute approximate surface area is 112 Å². The van der Waals surface area contributed by atoms with E-state index < -0.39 is 5.41 Å². The van der Waals surface area contributed by atoms with Crippen molar-refractivity contribution in [2.45, 2.75) is 13.8 Å². The highest BCUT2D eigenvalue weighted by Crippen LogP contribution is 2.36. The molecule has 0 aromatic heterocycles. The molecule has 0 aliphatic carbocycles. The zero-order chi connectivity index (χ0) is 13.8. The summed E-state index contributed by atoms with van der Waals surface area (Å²) in [4.78, 5) is 0. The lowest BCUT2D eigenvalue weighted by Gasteiger charge is -2.19. The molecule has 5 heteroatoms. The molecule has 0 aliphatic rings. The van der Waals surface area contributed by atoms with E-state index in [4.69, 9.17) is 26.3 Å². The van der Waals surface area contributed by atoms with Crippen molar-refractivity contribution in [1.29, 1.82) is 5.26 Å². The summed E-state index contributed by atoms with van der Waals surface area (Å²) in [6.07, 6.45) is 0. The van der Waals surface area contributed by atoms with E-state index in [1.165, 1.54) is 0 Å². The Kier molecular flexibility index (Phi) is 4.69. The molecule has 4 nitrogen and oxygen atoms in total. The van der Waals surface area contributed by atoms with E-state index >= 15 is 0 Å². The summed E-state index contributed by atoms with van der Waals surface area (Å²) in [6, 6.07) is 5.67. The summed E-state index contributed by atoms with van der Waals surface area (Å²) < 4.78 is 10.4. The highest BCUT2D eigenvalue weighted by atomic mass is 35.5. The number of methoxy groups -OCH3 is 2. The molecule has 18 heavy (non-hydrogen) atoms. The second-order valence-corrected chi connectivity index (χ2v) is 4.94. The fraction of sp³-hybridized carbons (Fsp3) is 0.462. The molecule has 0 heterocycles. The highest BCUT2D eigenvalue weighted by Gasteiger charge is 2.18. The number of rotatable bonds is 5. The minimum Gasteiger partial charge on any atom is -0.495 e. The largest absolute Gasteiger partial charge is 0.495 e. The molecule has 0 saturated carbocycles. The number of halogens is 1. The number of nitrogens with zero attached hydrogens (tertiary/aromatic N) is 1. The number of ether oxygens (including phenoxy) is 2. The molecule has 0 amide bonds. The van der Waals surface area contributed by atoms with E-state index in [1.807, 2.05) is 13.8 Å². The first-order chi connectivity index (χ1) is 8.43. The van der Waals surface area contributed by atoms with Gasteiger partial charge in [0.25, 0.3) is 0 Å². The van der Waals surface area contributed by atoms with Crippen molar-refractivity contribution in [1.82, 2.24) is 0 Å². The number of anilines is 1. The third-order valence-corrected chi connectivity index (χ3v) is 2.79. The van der Waals surface area contributed by atoms with Gasteiger partial charge in [-0.15, -0.1) is 0 Å². The fourth-order valence-electron chi connectivity index (χ4n) is 1.35. The summed E-state index contributed by atoms with van der Waals surface area (Å²) in [6.45, 7) is 4.23. The van der Waals surface area contributed by atoms with E-state index in [-0.39, 0.29) is 0 Å². The molecule has 0 aliphatic heterocycles. The van der Waals surface area contributed by atoms with E-state index in [9.17, 15) is 0 Å². The van der Waals surface area contributed by atoms with Crippen LogP contribution in [0.2, 0.25) is 5.02 Å². The first-order valence-corrected chi connectivity index (χ1v) is 5.88. The lowest BCUT2D eigenvalue weighted by Crippen LogP contribution is -2.21. The molecule has 1 aromatic rings. The Hall–Kier alpha value is -1.60. The average molecular weight is 269 g/mol. The van der Waals surface area contributed by atoms with Crippen molar-refractivity contribution in [2.24, 2.45) is 5.41 Å². The second-order valence-electron chi connectivity index (χ2n) is 4.54. The van der Waals surface area contributed by atoms with Gasteiger partial charge < -0.3 is 14.8 Å². The normalized spacial score (nSPS) is 10.7. The predicted octanol–water partition coefficient (Wildman–Crippen LogP) is 3.32. The monoisotopic (exact) mass is 268 g/mol. The lowest BCUT2D eigenvalue weighted by atomic mass is 9.96. The number of hydrogen-bond donors (Lipinski definition) is 1. The van der Waals surface area contributed by atoms with Crippen LogP contribution in [0.5, 0.6) is 11.5 Å². The molecule has 1 rings (SSSR count). The fourth-order valence-corrected chi connectivity index (χ4v) is 1.59. The van der Waals surface area contributed by atoms with Crippen molar-refractivity contribution in [2.75, 3.05) is 26.1 Å². The lowest BCUT2D eigenvalue weighted by molar-refractivity contribution is 0.404. The standard InChI is InChI=1S/C13H17ClN2O2/c1-13(2,7-15)8-16-10-6-11(17-3)9(14)5-12(10)18-4/h5-6,16H,8H2,1-4H3. The summed E-state index contributed by atoms with van der Waals surface area (Å²) in [5.74, 6) is 1.18. The van der Waals surface area contributed by atoms with E-state index in [0.29, 0.717) is 23.1 Å². The van der Waals surface area contributed by atoms with Gasteiger partial charge in [-0.25, -0.2) is 0 Å². The Morgan fingerprint density at radius 2 is 1.89 bits per heavy atom. The van der Waals surface area contributed by atoms with Crippen molar-refractivity contribution in [3.63, 3.8) is 0 Å². The molecule has 0 unspecified atom stereocenters. The maximum atomic E-state index is 8.98. The predicted molar refractivity (Wildman–Crippen MR) is 72.4 cm³/mol. The molecule has 0 bridgehead atoms. The van der Waals surface area contributed by atoms with Gasteiger partial charge in [-0.3, -0.25) is 0 Å². The van der Waals surface area contributed by atoms with Gasteiger partial charge in [0, 0.05) is 18.7 Å². The van der Waals surface area contributed by atoms with E-state index in [1.54, 1.807) is 26.4 Å². The number of nitrogens with one attached hydrogen (secondary N) is 1. The van der Waals surface area contributed by atoms with Crippen molar-refractivity contribution < 1.29 is 9.47 Å². The molecule has 1 N–H and O–H groups in total. The topological polar surface area (TPSA) is 54.3 Å². The first-order valence-electron chi connectivity index (χ1n) is 5.50. The summed E-state index contributed by atoms with van der Waals surface area (Å²) in [5, 5.41) is 12.6. The Morgan fingerprint density at radius 1 is 1.28 bits per heavy atom. The average Bonchev–Trinajstić information content (AvgIpc) is 2.36. The van der Waals surface area contributed by atoms with Gasteiger partial charge in [0.05, 0.1) is 36.4 Å². The molecule has 0 radical (unpaired) electrons. The number of benzene rings is 1. The van der Waals surface area contributed by atoms with E-state index in [0.717, 1.165) is 5.69 Å². The van der Waals surface area contributed by atoms with Crippen molar-refractivity contribution in [3.05, 3.63) is 17.2 Å². The van der Waals surface area contributed by atoms with Gasteiger partial charge in [0.15, 0.2) is 0 Å². The summed E-state index contributed by atoms with van der Waals surface area (Å²) in [7, 11) is 3.12. The number of hydrogen-bond acceptors (Lipinski definition) is 4. The van der Waals surface area contributed by atoms with Crippen LogP contribution < -0.4 is 14.8 Å². The first kappa shape index (κ1) is 14.5. The highest BCUT2D eigenvalue weighted by molar-refractivity contribution is 6.32. The van der Waals surface area contributed by atoms with Gasteiger partial charge in [-0.2, -0.15) is 5.26 Å². The Morgan fingerprint density at radius 3 is 2.39 bits per heavy atom. The third-order valence-electron chi connectivity index (χ3n) is 2.50. The van der Waals surface area contributed by atoms with Crippen molar-refractivity contribution in [3.8, 4) is 17.6 Å². The van der Waals surface area contributed by atoms with Gasteiger partial charge in [0.2, 0.25) is 0 Å². The molecule has 0 fully saturated rings. The van der Waals surface area contributed by atoms with Crippen LogP contribution in [0.15, 0.2) is 12.1 Å². The second kappa shape index (κ2) is 5.83. The third kappa shape index (κ3) is 3.44. The minimum absolute atomic E-state index is 0.460. The SMILES string of the molecule is COc1cc(NCC(C)(C)C#N)c(OC)cc1Cl. The van der Waals surface area contributed by atoms with Crippen LogP contribution in [0.25, 0.3) is 0 Å². The van der Waals surface area contributed by atoms with Crippen LogP contribution in [-0.4, -0.2) is 20.8 Å². The Balaban J connectivity index is 2.97. The minimum atomic E-state index is -0.460.